The van der Waals surface area contributed by atoms with E-state index in [1.807, 2.05) is 0 Å². The highest BCUT2D eigenvalue weighted by Gasteiger charge is 2.31. The van der Waals surface area contributed by atoms with Gasteiger partial charge >= 0.3 is 39.5 Å². The van der Waals surface area contributed by atoms with Crippen molar-refractivity contribution in [1.29, 1.82) is 0 Å². The van der Waals surface area contributed by atoms with Crippen LogP contribution in [0.4, 0.5) is 0 Å². The minimum atomic E-state index is -4.97. The van der Waals surface area contributed by atoms with Gasteiger partial charge in [-0.2, -0.15) is 0 Å². The summed E-state index contributed by atoms with van der Waals surface area (Å²) in [6.07, 6.45) is 87.7. The van der Waals surface area contributed by atoms with E-state index in [9.17, 15) is 43.2 Å². The molecule has 3 unspecified atom stereocenters. The lowest BCUT2D eigenvalue weighted by Crippen LogP contribution is -2.30. The number of hydrogen-bond acceptors (Lipinski definition) is 15. The van der Waals surface area contributed by atoms with Crippen LogP contribution in [-0.2, 0) is 65.4 Å². The Bertz CT molecular complexity index is 2190. The van der Waals surface area contributed by atoms with E-state index >= 15 is 0 Å². The van der Waals surface area contributed by atoms with Crippen molar-refractivity contribution in [2.45, 2.75) is 554 Å². The predicted octanol–water partition coefficient (Wildman–Crippen LogP) is 30.7. The standard InChI is InChI=1S/C97H190O17P2/c1-6-10-13-16-19-22-25-28-30-32-34-36-37-39-43-47-51-56-61-66-71-76-81-95(100)108-87-93(114-97(102)83-78-73-68-63-58-53-49-45-41-40-42-46-50-54-59-64-69-74-79-90(5)9-4)89-112-116(105,106)110-85-91(98)84-109-115(103,104)111-88-92(86-107-94(99)80-75-70-65-60-55-27-24-21-18-15-12-8-3)113-96(101)82-77-72-67-62-57-52-48-44-38-35-33-31-29-26-23-20-17-14-11-7-2/h90-93,98H,6-89H2,1-5H3,(H,103,104)(H,105,106)/t90?,91-,92+,93+/m0/s1. The fraction of sp³-hybridized carbons (Fsp3) is 0.959. The fourth-order valence-corrected chi connectivity index (χ4v) is 17.0. The van der Waals surface area contributed by atoms with Gasteiger partial charge in [-0.25, -0.2) is 9.13 Å². The van der Waals surface area contributed by atoms with E-state index < -0.39 is 97.5 Å². The minimum absolute atomic E-state index is 0.110. The van der Waals surface area contributed by atoms with Crippen LogP contribution in [-0.4, -0.2) is 96.7 Å². The molecule has 0 bridgehead atoms. The van der Waals surface area contributed by atoms with E-state index in [1.54, 1.807) is 0 Å². The summed E-state index contributed by atoms with van der Waals surface area (Å²) >= 11 is 0. The van der Waals surface area contributed by atoms with Crippen LogP contribution < -0.4 is 0 Å². The molecule has 0 aliphatic rings. The first kappa shape index (κ1) is 114. The molecule has 0 amide bonds. The van der Waals surface area contributed by atoms with Crippen LogP contribution in [0.25, 0.3) is 0 Å². The monoisotopic (exact) mass is 1690 g/mol. The molecule has 0 aromatic carbocycles. The zero-order valence-corrected chi connectivity index (χ0v) is 78.4. The van der Waals surface area contributed by atoms with Gasteiger partial charge in [-0.15, -0.1) is 0 Å². The Morgan fingerprint density at radius 2 is 0.414 bits per heavy atom. The number of ether oxygens (including phenoxy) is 4. The molecule has 0 aliphatic carbocycles. The second-order valence-electron chi connectivity index (χ2n) is 35.1. The molecule has 0 saturated heterocycles. The van der Waals surface area contributed by atoms with Gasteiger partial charge < -0.3 is 33.8 Å². The van der Waals surface area contributed by atoms with Crippen molar-refractivity contribution in [1.82, 2.24) is 0 Å². The van der Waals surface area contributed by atoms with Gasteiger partial charge in [-0.3, -0.25) is 37.3 Å². The van der Waals surface area contributed by atoms with Gasteiger partial charge in [-0.05, 0) is 31.6 Å². The number of carbonyl (C=O) groups excluding carboxylic acids is 4. The van der Waals surface area contributed by atoms with Crippen LogP contribution in [0.15, 0.2) is 0 Å². The van der Waals surface area contributed by atoms with E-state index in [-0.39, 0.29) is 25.7 Å². The maximum atomic E-state index is 13.2. The highest BCUT2D eigenvalue weighted by Crippen LogP contribution is 2.45. The van der Waals surface area contributed by atoms with Gasteiger partial charge in [0.25, 0.3) is 0 Å². The van der Waals surface area contributed by atoms with Crippen LogP contribution in [0, 0.1) is 5.92 Å². The molecule has 17 nitrogen and oxygen atoms in total. The summed E-state index contributed by atoms with van der Waals surface area (Å²) in [5.74, 6) is -1.22. The number of aliphatic hydroxyl groups is 1. The first-order valence-electron chi connectivity index (χ1n) is 50.2. The highest BCUT2D eigenvalue weighted by atomic mass is 31.2. The molecule has 0 radical (unpaired) electrons. The number of esters is 4. The van der Waals surface area contributed by atoms with Gasteiger partial charge in [0.1, 0.15) is 19.3 Å². The van der Waals surface area contributed by atoms with Crippen molar-refractivity contribution in [2.24, 2.45) is 5.92 Å². The largest absolute Gasteiger partial charge is 0.472 e. The van der Waals surface area contributed by atoms with E-state index in [0.717, 1.165) is 95.8 Å². The van der Waals surface area contributed by atoms with Crippen molar-refractivity contribution < 1.29 is 80.2 Å². The first-order chi connectivity index (χ1) is 56.6. The average molecular weight is 1690 g/mol. The van der Waals surface area contributed by atoms with Crippen LogP contribution >= 0.6 is 15.6 Å². The van der Waals surface area contributed by atoms with E-state index in [2.05, 4.69) is 34.6 Å². The number of carbonyl (C=O) groups is 4. The molecule has 116 heavy (non-hydrogen) atoms. The fourth-order valence-electron chi connectivity index (χ4n) is 15.4. The zero-order chi connectivity index (χ0) is 84.7. The Kier molecular flexibility index (Phi) is 87.8. The Labute approximate surface area is 715 Å². The maximum absolute atomic E-state index is 13.2. The Balaban J connectivity index is 5.23. The van der Waals surface area contributed by atoms with E-state index in [4.69, 9.17) is 37.0 Å². The Morgan fingerprint density at radius 1 is 0.241 bits per heavy atom. The number of phosphoric acid groups is 2. The lowest BCUT2D eigenvalue weighted by molar-refractivity contribution is -0.161. The lowest BCUT2D eigenvalue weighted by Gasteiger charge is -2.21. The van der Waals surface area contributed by atoms with Crippen LogP contribution in [0.1, 0.15) is 535 Å². The van der Waals surface area contributed by atoms with Gasteiger partial charge in [-0.1, -0.05) is 484 Å². The third kappa shape index (κ3) is 88.4. The number of hydrogen-bond donors (Lipinski definition) is 3. The van der Waals surface area contributed by atoms with Crippen molar-refractivity contribution >= 4 is 39.5 Å². The molecule has 3 N–H and O–H groups in total. The molecule has 0 heterocycles. The quantitative estimate of drug-likeness (QED) is 0.0222. The lowest BCUT2D eigenvalue weighted by atomic mass is 9.99. The second kappa shape index (κ2) is 89.3. The van der Waals surface area contributed by atoms with Crippen molar-refractivity contribution in [3.8, 4) is 0 Å². The number of unbranched alkanes of at least 4 members (excludes halogenated alkanes) is 68. The molecule has 0 fully saturated rings. The topological polar surface area (TPSA) is 237 Å². The normalized spacial score (nSPS) is 13.8. The van der Waals surface area contributed by atoms with Crippen molar-refractivity contribution in [3.63, 3.8) is 0 Å². The number of aliphatic hydroxyl groups excluding tert-OH is 1. The number of rotatable bonds is 97. The summed E-state index contributed by atoms with van der Waals surface area (Å²) in [5, 5.41) is 10.7. The SMILES string of the molecule is CCCCCCCCCCCCCCCCCCCCCCCCC(=O)OC[C@H](COP(=O)(O)OC[C@@H](O)COP(=O)(O)OC[C@@H](COC(=O)CCCCCCCCCCCCCC)OC(=O)CCCCCCCCCCCCCCCCCCCCCC)OC(=O)CCCCCCCCCCCCCCCCCCCCC(C)CC. The van der Waals surface area contributed by atoms with E-state index in [1.165, 1.54) is 360 Å². The summed E-state index contributed by atoms with van der Waals surface area (Å²) in [4.78, 5) is 73.6. The Hall–Kier alpha value is -1.94. The summed E-state index contributed by atoms with van der Waals surface area (Å²) in [7, 11) is -9.94. The molecule has 0 aromatic rings. The summed E-state index contributed by atoms with van der Waals surface area (Å²) in [5.41, 5.74) is 0. The molecule has 690 valence electrons. The maximum Gasteiger partial charge on any atom is 0.472 e. The third-order valence-electron chi connectivity index (χ3n) is 23.4. The van der Waals surface area contributed by atoms with E-state index in [0.29, 0.717) is 25.7 Å². The molecular weight excluding hydrogens is 1500 g/mol. The zero-order valence-electron chi connectivity index (χ0n) is 76.7. The van der Waals surface area contributed by atoms with Gasteiger partial charge in [0.05, 0.1) is 26.4 Å². The van der Waals surface area contributed by atoms with Gasteiger partial charge in [0.2, 0.25) is 0 Å². The molecular formula is C97H190O17P2. The summed E-state index contributed by atoms with van der Waals surface area (Å²) < 4.78 is 69.3. The molecule has 0 aromatic heterocycles. The third-order valence-corrected chi connectivity index (χ3v) is 25.3. The van der Waals surface area contributed by atoms with Gasteiger partial charge in [0, 0.05) is 25.7 Å². The van der Waals surface area contributed by atoms with Gasteiger partial charge in [0.15, 0.2) is 12.2 Å². The highest BCUT2D eigenvalue weighted by molar-refractivity contribution is 7.47. The molecule has 0 saturated carbocycles. The number of phosphoric ester groups is 2. The summed E-state index contributed by atoms with van der Waals surface area (Å²) in [6, 6.07) is 0. The van der Waals surface area contributed by atoms with Crippen LogP contribution in [0.2, 0.25) is 0 Å². The molecule has 0 aliphatic heterocycles. The van der Waals surface area contributed by atoms with Crippen molar-refractivity contribution in [3.05, 3.63) is 0 Å². The smallest absolute Gasteiger partial charge is 0.462 e. The molecule has 0 rings (SSSR count). The Morgan fingerprint density at radius 3 is 0.612 bits per heavy atom. The molecule has 19 heteroatoms. The van der Waals surface area contributed by atoms with Crippen LogP contribution in [0.5, 0.6) is 0 Å². The molecule has 0 spiro atoms. The van der Waals surface area contributed by atoms with Crippen LogP contribution in [0.3, 0.4) is 0 Å². The average Bonchev–Trinajstić information content (AvgIpc) is 1.03. The summed E-state index contributed by atoms with van der Waals surface area (Å²) in [6.45, 7) is 7.50. The predicted molar refractivity (Wildman–Crippen MR) is 483 cm³/mol. The second-order valence-corrected chi connectivity index (χ2v) is 38.0. The minimum Gasteiger partial charge on any atom is -0.462 e. The van der Waals surface area contributed by atoms with Crippen molar-refractivity contribution in [2.75, 3.05) is 39.6 Å². The first-order valence-corrected chi connectivity index (χ1v) is 53.2. The molecule has 6 atom stereocenters.